The highest BCUT2D eigenvalue weighted by Gasteiger charge is 2.51. The maximum absolute atomic E-state index is 14.1. The molecule has 3 aliphatic rings. The van der Waals surface area contributed by atoms with Crippen LogP contribution in [0.5, 0.6) is 0 Å². The summed E-state index contributed by atoms with van der Waals surface area (Å²) in [5.41, 5.74) is 1.35. The van der Waals surface area contributed by atoms with E-state index in [0.717, 1.165) is 37.8 Å². The van der Waals surface area contributed by atoms with E-state index in [9.17, 15) is 27.6 Å². The highest BCUT2D eigenvalue weighted by atomic mass is 19.2. The number of benzene rings is 2. The van der Waals surface area contributed by atoms with Crippen LogP contribution in [-0.4, -0.2) is 89.5 Å². The summed E-state index contributed by atoms with van der Waals surface area (Å²) in [5, 5.41) is 6.68. The molecule has 4 heterocycles. The predicted molar refractivity (Wildman–Crippen MR) is 151 cm³/mol. The summed E-state index contributed by atoms with van der Waals surface area (Å²) >= 11 is 0. The molecule has 3 aromatic rings. The van der Waals surface area contributed by atoms with E-state index in [0.29, 0.717) is 48.9 Å². The predicted octanol–water partition coefficient (Wildman–Crippen LogP) is 3.95. The SMILES string of the molecule is COC(=O)C1OC(=O)N(C(=O)NC2CCN(C3CCN(c4ccc(F)cc4-c4nc(C)no4)CC3)C2)C1c1ccc(F)c(F)c1. The van der Waals surface area contributed by atoms with Crippen molar-refractivity contribution >= 4 is 23.8 Å². The van der Waals surface area contributed by atoms with Crippen LogP contribution in [0.15, 0.2) is 40.9 Å². The number of hydrogen-bond donors (Lipinski definition) is 1. The van der Waals surface area contributed by atoms with Gasteiger partial charge in [0.1, 0.15) is 11.9 Å². The molecule has 1 aromatic heterocycles. The highest BCUT2D eigenvalue weighted by Crippen LogP contribution is 2.36. The monoisotopic (exact) mass is 628 g/mol. The lowest BCUT2D eigenvalue weighted by atomic mass is 10.0. The Balaban J connectivity index is 1.09. The van der Waals surface area contributed by atoms with E-state index in [1.807, 2.05) is 0 Å². The second-order valence-electron chi connectivity index (χ2n) is 11.3. The number of aryl methyl sites for hydroxylation is 1. The molecule has 238 valence electrons. The van der Waals surface area contributed by atoms with Crippen LogP contribution in [0.1, 0.15) is 36.7 Å². The summed E-state index contributed by atoms with van der Waals surface area (Å²) in [4.78, 5) is 48.0. The molecule has 3 atom stereocenters. The van der Waals surface area contributed by atoms with Crippen molar-refractivity contribution in [1.82, 2.24) is 25.3 Å². The minimum absolute atomic E-state index is 0.00338. The van der Waals surface area contributed by atoms with Gasteiger partial charge in [-0.25, -0.2) is 32.5 Å². The maximum atomic E-state index is 14.1. The van der Waals surface area contributed by atoms with Gasteiger partial charge in [0.05, 0.1) is 12.7 Å². The van der Waals surface area contributed by atoms with Gasteiger partial charge in [0.2, 0.25) is 6.10 Å². The number of nitrogens with zero attached hydrogens (tertiary/aromatic N) is 5. The largest absolute Gasteiger partial charge is 0.466 e. The first kappa shape index (κ1) is 30.4. The van der Waals surface area contributed by atoms with E-state index in [4.69, 9.17) is 14.0 Å². The van der Waals surface area contributed by atoms with Crippen LogP contribution >= 0.6 is 0 Å². The summed E-state index contributed by atoms with van der Waals surface area (Å²) in [6, 6.07) is 5.11. The first-order valence-electron chi connectivity index (χ1n) is 14.5. The van der Waals surface area contributed by atoms with Crippen LogP contribution in [-0.2, 0) is 14.3 Å². The van der Waals surface area contributed by atoms with Crippen LogP contribution in [0.3, 0.4) is 0 Å². The van der Waals surface area contributed by atoms with Crippen molar-refractivity contribution in [3.05, 3.63) is 65.2 Å². The van der Waals surface area contributed by atoms with Crippen molar-refractivity contribution in [1.29, 1.82) is 0 Å². The zero-order chi connectivity index (χ0) is 31.8. The number of amides is 3. The Morgan fingerprint density at radius 3 is 2.49 bits per heavy atom. The number of piperidine rings is 1. The van der Waals surface area contributed by atoms with Gasteiger partial charge in [0.25, 0.3) is 5.89 Å². The lowest BCUT2D eigenvalue weighted by molar-refractivity contribution is -0.150. The molecular formula is C30H31F3N6O6. The first-order valence-corrected chi connectivity index (χ1v) is 14.5. The van der Waals surface area contributed by atoms with Gasteiger partial charge in [-0.2, -0.15) is 4.98 Å². The van der Waals surface area contributed by atoms with Crippen LogP contribution in [0.25, 0.3) is 11.5 Å². The minimum atomic E-state index is -1.55. The molecule has 3 fully saturated rings. The number of cyclic esters (lactones) is 1. The number of carbonyl (C=O) groups is 3. The number of likely N-dealkylation sites (tertiary alicyclic amines) is 1. The molecule has 0 aliphatic carbocycles. The number of ether oxygens (including phenoxy) is 2. The minimum Gasteiger partial charge on any atom is -0.466 e. The fraction of sp³-hybridized carbons (Fsp3) is 0.433. The second kappa shape index (κ2) is 12.4. The number of urea groups is 1. The molecule has 12 nitrogen and oxygen atoms in total. The summed E-state index contributed by atoms with van der Waals surface area (Å²) in [7, 11) is 1.09. The Labute approximate surface area is 256 Å². The van der Waals surface area contributed by atoms with Crippen LogP contribution in [0.4, 0.5) is 28.4 Å². The zero-order valence-corrected chi connectivity index (χ0v) is 24.5. The Bertz CT molecular complexity index is 1610. The Kier molecular flexibility index (Phi) is 8.36. The molecular weight excluding hydrogens is 597 g/mol. The van der Waals surface area contributed by atoms with Gasteiger partial charge in [-0.15, -0.1) is 0 Å². The zero-order valence-electron chi connectivity index (χ0n) is 24.5. The summed E-state index contributed by atoms with van der Waals surface area (Å²) in [6.45, 7) is 4.34. The third kappa shape index (κ3) is 6.03. The van der Waals surface area contributed by atoms with Crippen molar-refractivity contribution in [2.75, 3.05) is 38.2 Å². The van der Waals surface area contributed by atoms with Crippen molar-refractivity contribution in [2.24, 2.45) is 0 Å². The molecule has 3 amide bonds. The van der Waals surface area contributed by atoms with E-state index in [1.165, 1.54) is 18.2 Å². The van der Waals surface area contributed by atoms with E-state index in [1.54, 1.807) is 13.0 Å². The average Bonchev–Trinajstić information content (AvgIpc) is 3.77. The number of esters is 1. The number of hydrogen-bond acceptors (Lipinski definition) is 10. The molecule has 6 rings (SSSR count). The first-order chi connectivity index (χ1) is 21.6. The number of methoxy groups -OCH3 is 1. The third-order valence-corrected chi connectivity index (χ3v) is 8.51. The molecule has 3 unspecified atom stereocenters. The van der Waals surface area contributed by atoms with Gasteiger partial charge in [-0.1, -0.05) is 11.2 Å². The quantitative estimate of drug-likeness (QED) is 0.401. The second-order valence-corrected chi connectivity index (χ2v) is 11.3. The standard InChI is InChI=1S/C30H31F3N6O6/c1-16-34-27(45-36-16)21-14-18(31)4-6-24(21)37-11-8-20(9-12-37)38-10-7-19(15-38)35-29(41)39-25(17-3-5-22(32)23(33)13-17)26(28(40)43-2)44-30(39)42/h3-6,13-14,19-20,25-26H,7-12,15H2,1-2H3,(H,35,41). The number of halogens is 3. The van der Waals surface area contributed by atoms with Crippen LogP contribution in [0.2, 0.25) is 0 Å². The van der Waals surface area contributed by atoms with E-state index in [-0.39, 0.29) is 23.5 Å². The van der Waals surface area contributed by atoms with E-state index < -0.39 is 47.7 Å². The molecule has 1 N–H and O–H groups in total. The Morgan fingerprint density at radius 2 is 1.80 bits per heavy atom. The molecule has 3 aliphatic heterocycles. The van der Waals surface area contributed by atoms with Gasteiger partial charge < -0.3 is 24.2 Å². The molecule has 0 saturated carbocycles. The number of carbonyl (C=O) groups excluding carboxylic acids is 3. The summed E-state index contributed by atoms with van der Waals surface area (Å²) in [5.74, 6) is -2.94. The van der Waals surface area contributed by atoms with Gasteiger partial charge in [-0.05, 0) is 62.1 Å². The van der Waals surface area contributed by atoms with Crippen molar-refractivity contribution in [2.45, 2.75) is 50.4 Å². The Morgan fingerprint density at radius 1 is 1.02 bits per heavy atom. The topological polar surface area (TPSA) is 130 Å². The molecule has 2 aromatic carbocycles. The van der Waals surface area contributed by atoms with E-state index >= 15 is 0 Å². The normalized spacial score (nSPS) is 22.5. The van der Waals surface area contributed by atoms with Crippen molar-refractivity contribution < 1.29 is 41.6 Å². The van der Waals surface area contributed by atoms with Gasteiger partial charge in [0.15, 0.2) is 17.5 Å². The fourth-order valence-corrected chi connectivity index (χ4v) is 6.32. The van der Waals surface area contributed by atoms with Crippen LogP contribution in [0, 0.1) is 24.4 Å². The molecule has 3 saturated heterocycles. The summed E-state index contributed by atoms with van der Waals surface area (Å²) in [6.07, 6.45) is -0.399. The Hall–Kier alpha value is -4.66. The number of anilines is 1. The molecule has 0 spiro atoms. The number of aromatic nitrogens is 2. The summed E-state index contributed by atoms with van der Waals surface area (Å²) < 4.78 is 57.0. The van der Waals surface area contributed by atoms with Crippen molar-refractivity contribution in [3.8, 4) is 11.5 Å². The molecule has 0 bridgehead atoms. The van der Waals surface area contributed by atoms with Crippen molar-refractivity contribution in [3.63, 3.8) is 0 Å². The number of nitrogens with one attached hydrogen (secondary N) is 1. The average molecular weight is 629 g/mol. The lowest BCUT2D eigenvalue weighted by Crippen LogP contribution is -2.49. The van der Waals surface area contributed by atoms with Gasteiger partial charge >= 0.3 is 18.1 Å². The molecule has 45 heavy (non-hydrogen) atoms. The van der Waals surface area contributed by atoms with Crippen LogP contribution < -0.4 is 10.2 Å². The smallest absolute Gasteiger partial charge is 0.419 e. The highest BCUT2D eigenvalue weighted by molar-refractivity contribution is 5.96. The molecule has 15 heteroatoms. The van der Waals surface area contributed by atoms with E-state index in [2.05, 4.69) is 25.3 Å². The number of imide groups is 1. The number of rotatable bonds is 6. The maximum Gasteiger partial charge on any atom is 0.419 e. The fourth-order valence-electron chi connectivity index (χ4n) is 6.32. The molecule has 0 radical (unpaired) electrons. The lowest BCUT2D eigenvalue weighted by Gasteiger charge is -2.38. The van der Waals surface area contributed by atoms with Gasteiger partial charge in [-0.3, -0.25) is 4.90 Å². The van der Waals surface area contributed by atoms with Gasteiger partial charge in [0, 0.05) is 44.0 Å². The third-order valence-electron chi connectivity index (χ3n) is 8.51.